The Bertz CT molecular complexity index is 342. The minimum Gasteiger partial charge on any atom is -0.423 e. The first-order valence-electron chi connectivity index (χ1n) is 3.51. The Hall–Kier alpha value is -1.28. The number of nitrogen functional groups attached to an aromatic ring is 1. The molecule has 1 aromatic rings. The lowest BCUT2D eigenvalue weighted by molar-refractivity contribution is -0.136. The predicted octanol–water partition coefficient (Wildman–Crippen LogP) is -0.638. The zero-order valence-electron chi connectivity index (χ0n) is 6.78. The molecule has 0 aliphatic heterocycles. The maximum atomic E-state index is 12.3. The highest BCUT2D eigenvalue weighted by molar-refractivity contribution is 6.59. The average molecular weight is 206 g/mol. The van der Waals surface area contributed by atoms with Crippen molar-refractivity contribution in [2.75, 3.05) is 5.73 Å². The second kappa shape index (κ2) is 3.47. The minimum absolute atomic E-state index is 0.332. The molecule has 0 saturated heterocycles. The van der Waals surface area contributed by atoms with Crippen molar-refractivity contribution in [3.8, 4) is 0 Å². The van der Waals surface area contributed by atoms with Crippen LogP contribution in [0.5, 0.6) is 0 Å². The summed E-state index contributed by atoms with van der Waals surface area (Å²) in [6.07, 6.45) is -4.00. The first-order chi connectivity index (χ1) is 6.32. The molecule has 14 heavy (non-hydrogen) atoms. The van der Waals surface area contributed by atoms with Crippen LogP contribution in [0.1, 0.15) is 5.56 Å². The number of pyridine rings is 1. The number of alkyl halides is 3. The van der Waals surface area contributed by atoms with Gasteiger partial charge in [0.25, 0.3) is 0 Å². The number of hydrogen-bond acceptors (Lipinski definition) is 4. The Kier molecular flexibility index (Phi) is 2.67. The molecule has 0 unspecified atom stereocenters. The maximum Gasteiger partial charge on any atom is 0.490 e. The van der Waals surface area contributed by atoms with Gasteiger partial charge in [0.05, 0.1) is 5.56 Å². The van der Waals surface area contributed by atoms with Gasteiger partial charge >= 0.3 is 13.3 Å². The molecule has 0 atom stereocenters. The smallest absolute Gasteiger partial charge is 0.423 e. The van der Waals surface area contributed by atoms with Gasteiger partial charge in [-0.3, -0.25) is 0 Å². The third kappa shape index (κ3) is 2.15. The van der Waals surface area contributed by atoms with Crippen LogP contribution in [0.2, 0.25) is 0 Å². The van der Waals surface area contributed by atoms with Gasteiger partial charge < -0.3 is 15.8 Å². The van der Waals surface area contributed by atoms with Crippen molar-refractivity contribution in [1.82, 2.24) is 4.98 Å². The Morgan fingerprint density at radius 1 is 1.36 bits per heavy atom. The molecule has 1 heterocycles. The number of halogens is 3. The van der Waals surface area contributed by atoms with Crippen LogP contribution in [-0.2, 0) is 6.18 Å². The number of aromatic nitrogens is 1. The number of nitrogens with zero attached hydrogens (tertiary/aromatic N) is 1. The SMILES string of the molecule is Nc1cc(C(F)(F)F)c(B(O)O)cn1. The monoisotopic (exact) mass is 206 g/mol. The molecule has 0 bridgehead atoms. The number of nitrogens with two attached hydrogens (primary N) is 1. The van der Waals surface area contributed by atoms with E-state index in [1.165, 1.54) is 0 Å². The Morgan fingerprint density at radius 3 is 2.36 bits per heavy atom. The van der Waals surface area contributed by atoms with Gasteiger partial charge in [0.1, 0.15) is 5.82 Å². The van der Waals surface area contributed by atoms with Crippen molar-refractivity contribution in [2.45, 2.75) is 6.18 Å². The van der Waals surface area contributed by atoms with Crippen LogP contribution >= 0.6 is 0 Å². The van der Waals surface area contributed by atoms with E-state index in [1.807, 2.05) is 0 Å². The summed E-state index contributed by atoms with van der Waals surface area (Å²) < 4.78 is 36.8. The van der Waals surface area contributed by atoms with E-state index in [0.717, 1.165) is 0 Å². The molecule has 0 saturated carbocycles. The third-order valence-corrected chi connectivity index (χ3v) is 1.54. The van der Waals surface area contributed by atoms with Crippen LogP contribution in [0.4, 0.5) is 19.0 Å². The van der Waals surface area contributed by atoms with Gasteiger partial charge in [-0.05, 0) is 6.07 Å². The first-order valence-corrected chi connectivity index (χ1v) is 3.51. The lowest BCUT2D eigenvalue weighted by Gasteiger charge is -2.11. The fourth-order valence-corrected chi connectivity index (χ4v) is 0.933. The summed E-state index contributed by atoms with van der Waals surface area (Å²) in [5.74, 6) is -0.332. The van der Waals surface area contributed by atoms with Gasteiger partial charge in [0.2, 0.25) is 0 Å². The summed E-state index contributed by atoms with van der Waals surface area (Å²) >= 11 is 0. The van der Waals surface area contributed by atoms with E-state index >= 15 is 0 Å². The standard InChI is InChI=1S/C6H6BF3N2O2/c8-6(9,10)3-1-5(11)12-2-4(3)7(13)14/h1-2,13-14H,(H2,11,12). The van der Waals surface area contributed by atoms with Gasteiger partial charge in [-0.15, -0.1) is 0 Å². The molecule has 0 aromatic carbocycles. The molecular formula is C6H6BF3N2O2. The normalized spacial score (nSPS) is 11.5. The van der Waals surface area contributed by atoms with E-state index in [1.54, 1.807) is 0 Å². The number of hydrogen-bond donors (Lipinski definition) is 3. The highest BCUT2D eigenvalue weighted by Gasteiger charge is 2.36. The second-order valence-corrected chi connectivity index (χ2v) is 2.57. The van der Waals surface area contributed by atoms with Gasteiger partial charge in [0, 0.05) is 11.7 Å². The molecule has 0 radical (unpaired) electrons. The van der Waals surface area contributed by atoms with Crippen molar-refractivity contribution in [3.05, 3.63) is 17.8 Å². The lowest BCUT2D eigenvalue weighted by atomic mass is 9.78. The van der Waals surface area contributed by atoms with Crippen LogP contribution in [-0.4, -0.2) is 22.2 Å². The summed E-state index contributed by atoms with van der Waals surface area (Å²) in [7, 11) is -2.22. The average Bonchev–Trinajstić information content (AvgIpc) is 2.01. The summed E-state index contributed by atoms with van der Waals surface area (Å²) in [6, 6.07) is 0.550. The van der Waals surface area contributed by atoms with Crippen molar-refractivity contribution in [3.63, 3.8) is 0 Å². The van der Waals surface area contributed by atoms with Gasteiger partial charge in [-0.25, -0.2) is 4.98 Å². The Balaban J connectivity index is 3.30. The Morgan fingerprint density at radius 2 is 1.93 bits per heavy atom. The van der Waals surface area contributed by atoms with E-state index in [2.05, 4.69) is 4.98 Å². The quantitative estimate of drug-likeness (QED) is 0.534. The first kappa shape index (κ1) is 10.8. The number of rotatable bonds is 1. The van der Waals surface area contributed by atoms with E-state index < -0.39 is 24.3 Å². The van der Waals surface area contributed by atoms with Gasteiger partial charge in [-0.2, -0.15) is 13.2 Å². The van der Waals surface area contributed by atoms with E-state index in [0.29, 0.717) is 12.3 Å². The predicted molar refractivity (Wildman–Crippen MR) is 43.5 cm³/mol. The third-order valence-electron chi connectivity index (χ3n) is 1.54. The van der Waals surface area contributed by atoms with E-state index in [-0.39, 0.29) is 5.82 Å². The van der Waals surface area contributed by atoms with E-state index in [9.17, 15) is 13.2 Å². The second-order valence-electron chi connectivity index (χ2n) is 2.57. The zero-order chi connectivity index (χ0) is 10.9. The Labute approximate surface area is 77.3 Å². The zero-order valence-corrected chi connectivity index (χ0v) is 6.78. The minimum atomic E-state index is -4.68. The molecule has 0 amide bonds. The lowest BCUT2D eigenvalue weighted by Crippen LogP contribution is -2.36. The van der Waals surface area contributed by atoms with Crippen molar-refractivity contribution in [2.24, 2.45) is 0 Å². The summed E-state index contributed by atoms with van der Waals surface area (Å²) in [5.41, 5.74) is 3.14. The summed E-state index contributed by atoms with van der Waals surface area (Å²) in [6.45, 7) is 0. The van der Waals surface area contributed by atoms with Crippen LogP contribution in [0.25, 0.3) is 0 Å². The largest absolute Gasteiger partial charge is 0.490 e. The van der Waals surface area contributed by atoms with E-state index in [4.69, 9.17) is 15.8 Å². The molecule has 0 spiro atoms. The molecule has 0 aliphatic rings. The molecular weight excluding hydrogens is 200 g/mol. The highest BCUT2D eigenvalue weighted by atomic mass is 19.4. The molecule has 4 N–H and O–H groups in total. The van der Waals surface area contributed by atoms with Crippen LogP contribution in [0.3, 0.4) is 0 Å². The fourth-order valence-electron chi connectivity index (χ4n) is 0.933. The summed E-state index contributed by atoms with van der Waals surface area (Å²) in [5, 5.41) is 17.3. The molecule has 4 nitrogen and oxygen atoms in total. The molecule has 76 valence electrons. The maximum absolute atomic E-state index is 12.3. The van der Waals surface area contributed by atoms with Gasteiger partial charge in [0.15, 0.2) is 0 Å². The summed E-state index contributed by atoms with van der Waals surface area (Å²) in [4.78, 5) is 3.33. The molecule has 1 rings (SSSR count). The highest BCUT2D eigenvalue weighted by Crippen LogP contribution is 2.28. The van der Waals surface area contributed by atoms with Crippen LogP contribution in [0.15, 0.2) is 12.3 Å². The van der Waals surface area contributed by atoms with Crippen molar-refractivity contribution in [1.29, 1.82) is 0 Å². The molecule has 0 fully saturated rings. The van der Waals surface area contributed by atoms with Crippen molar-refractivity contribution < 1.29 is 23.2 Å². The molecule has 8 heteroatoms. The topological polar surface area (TPSA) is 79.4 Å². The van der Waals surface area contributed by atoms with Crippen LogP contribution < -0.4 is 11.2 Å². The molecule has 1 aromatic heterocycles. The van der Waals surface area contributed by atoms with Gasteiger partial charge in [-0.1, -0.05) is 0 Å². The van der Waals surface area contributed by atoms with Crippen LogP contribution in [0, 0.1) is 0 Å². The molecule has 0 aliphatic carbocycles. The fraction of sp³-hybridized carbons (Fsp3) is 0.167. The number of anilines is 1. The van der Waals surface area contributed by atoms with Crippen molar-refractivity contribution >= 4 is 18.4 Å².